The summed E-state index contributed by atoms with van der Waals surface area (Å²) in [6, 6.07) is 0. The lowest BCUT2D eigenvalue weighted by atomic mass is 9.98. The quantitative estimate of drug-likeness (QED) is 0.651. The molecule has 0 radical (unpaired) electrons. The van der Waals surface area contributed by atoms with E-state index in [1.165, 1.54) is 7.11 Å². The van der Waals surface area contributed by atoms with E-state index in [-0.39, 0.29) is 18.3 Å². The van der Waals surface area contributed by atoms with E-state index >= 15 is 0 Å². The van der Waals surface area contributed by atoms with E-state index in [9.17, 15) is 5.11 Å². The first kappa shape index (κ1) is 9.86. The second-order valence-electron chi connectivity index (χ2n) is 2.85. The molecular formula is C10H14O3. The number of methoxy groups -OCH3 is 1. The molecule has 0 aromatic rings. The van der Waals surface area contributed by atoms with E-state index < -0.39 is 0 Å². The molecule has 13 heavy (non-hydrogen) atoms. The maximum absolute atomic E-state index is 9.31. The van der Waals surface area contributed by atoms with Crippen molar-refractivity contribution < 1.29 is 14.9 Å². The second kappa shape index (κ2) is 4.72. The van der Waals surface area contributed by atoms with Crippen LogP contribution in [-0.4, -0.2) is 23.9 Å². The number of rotatable bonds is 3. The van der Waals surface area contributed by atoms with Crippen molar-refractivity contribution in [3.63, 3.8) is 0 Å². The third kappa shape index (κ3) is 2.63. The van der Waals surface area contributed by atoms with Crippen LogP contribution >= 0.6 is 0 Å². The Morgan fingerprint density at radius 2 is 2.46 bits per heavy atom. The highest BCUT2D eigenvalue weighted by molar-refractivity contribution is 5.24. The fourth-order valence-electron chi connectivity index (χ4n) is 1.25. The van der Waals surface area contributed by atoms with Gasteiger partial charge in [0.2, 0.25) is 0 Å². The third-order valence-corrected chi connectivity index (χ3v) is 1.94. The molecule has 0 saturated carbocycles. The largest absolute Gasteiger partial charge is 0.504 e. The fraction of sp³-hybridized carbons (Fsp3) is 0.400. The maximum Gasteiger partial charge on any atom is 0.152 e. The van der Waals surface area contributed by atoms with E-state index in [0.29, 0.717) is 12.2 Å². The summed E-state index contributed by atoms with van der Waals surface area (Å²) in [5.74, 6) is 0.990. The molecule has 0 bridgehead atoms. The molecule has 0 fully saturated rings. The third-order valence-electron chi connectivity index (χ3n) is 1.94. The van der Waals surface area contributed by atoms with Crippen LogP contribution in [-0.2, 0) is 4.74 Å². The molecule has 0 aromatic heterocycles. The minimum absolute atomic E-state index is 0.0440. The average Bonchev–Trinajstić information content (AvgIpc) is 2.16. The van der Waals surface area contributed by atoms with Crippen LogP contribution in [0.2, 0.25) is 0 Å². The standard InChI is InChI=1S/C10H14O3/c1-13-10-7-8(3-2-6-11)4-5-9(10)12/h2-5,8,11-12H,6-7H2,1H3. The topological polar surface area (TPSA) is 49.7 Å². The van der Waals surface area contributed by atoms with Gasteiger partial charge in [-0.05, 0) is 6.08 Å². The zero-order chi connectivity index (χ0) is 9.68. The van der Waals surface area contributed by atoms with Crippen LogP contribution in [0.5, 0.6) is 0 Å². The summed E-state index contributed by atoms with van der Waals surface area (Å²) in [6.45, 7) is 0.0440. The summed E-state index contributed by atoms with van der Waals surface area (Å²) in [6.07, 6.45) is 7.72. The number of ether oxygens (including phenoxy) is 1. The smallest absolute Gasteiger partial charge is 0.152 e. The van der Waals surface area contributed by atoms with Crippen LogP contribution in [0, 0.1) is 5.92 Å². The Labute approximate surface area is 77.7 Å². The van der Waals surface area contributed by atoms with Crippen LogP contribution in [0.1, 0.15) is 6.42 Å². The van der Waals surface area contributed by atoms with Gasteiger partial charge in [-0.3, -0.25) is 0 Å². The van der Waals surface area contributed by atoms with Crippen molar-refractivity contribution in [3.8, 4) is 0 Å². The Morgan fingerprint density at radius 3 is 3.08 bits per heavy atom. The molecule has 1 rings (SSSR count). The molecular weight excluding hydrogens is 168 g/mol. The summed E-state index contributed by atoms with van der Waals surface area (Å²) >= 11 is 0. The molecule has 1 atom stereocenters. The predicted molar refractivity (Wildman–Crippen MR) is 50.1 cm³/mol. The Bertz CT molecular complexity index is 251. The number of hydrogen-bond acceptors (Lipinski definition) is 3. The van der Waals surface area contributed by atoms with Crippen molar-refractivity contribution in [1.29, 1.82) is 0 Å². The lowest BCUT2D eigenvalue weighted by Gasteiger charge is -2.15. The molecule has 72 valence electrons. The lowest BCUT2D eigenvalue weighted by molar-refractivity contribution is 0.238. The summed E-state index contributed by atoms with van der Waals surface area (Å²) in [5.41, 5.74) is 0. The minimum Gasteiger partial charge on any atom is -0.504 e. The molecule has 3 nitrogen and oxygen atoms in total. The Morgan fingerprint density at radius 1 is 1.69 bits per heavy atom. The summed E-state index contributed by atoms with van der Waals surface area (Å²) in [7, 11) is 1.54. The second-order valence-corrected chi connectivity index (χ2v) is 2.85. The predicted octanol–water partition coefficient (Wildman–Crippen LogP) is 1.53. The highest BCUT2D eigenvalue weighted by atomic mass is 16.5. The van der Waals surface area contributed by atoms with Crippen molar-refractivity contribution in [2.45, 2.75) is 6.42 Å². The van der Waals surface area contributed by atoms with Gasteiger partial charge < -0.3 is 14.9 Å². The Kier molecular flexibility index (Phi) is 3.58. The van der Waals surface area contributed by atoms with Crippen molar-refractivity contribution in [1.82, 2.24) is 0 Å². The zero-order valence-corrected chi connectivity index (χ0v) is 7.60. The van der Waals surface area contributed by atoms with Gasteiger partial charge in [0.1, 0.15) is 5.76 Å². The van der Waals surface area contributed by atoms with Crippen LogP contribution in [0.15, 0.2) is 35.8 Å². The van der Waals surface area contributed by atoms with Gasteiger partial charge in [-0.15, -0.1) is 0 Å². The van der Waals surface area contributed by atoms with Crippen LogP contribution in [0.4, 0.5) is 0 Å². The molecule has 0 spiro atoms. The average molecular weight is 182 g/mol. The first-order chi connectivity index (χ1) is 6.27. The van der Waals surface area contributed by atoms with E-state index in [1.54, 1.807) is 12.2 Å². The first-order valence-corrected chi connectivity index (χ1v) is 4.19. The van der Waals surface area contributed by atoms with Gasteiger partial charge in [-0.2, -0.15) is 0 Å². The molecule has 3 heteroatoms. The van der Waals surface area contributed by atoms with Gasteiger partial charge in [-0.25, -0.2) is 0 Å². The van der Waals surface area contributed by atoms with Crippen molar-refractivity contribution in [2.75, 3.05) is 13.7 Å². The summed E-state index contributed by atoms with van der Waals surface area (Å²) in [5, 5.41) is 17.9. The summed E-state index contributed by atoms with van der Waals surface area (Å²) in [4.78, 5) is 0. The van der Waals surface area contributed by atoms with Crippen LogP contribution in [0.3, 0.4) is 0 Å². The minimum atomic E-state index is 0.0440. The number of allylic oxidation sites excluding steroid dienone is 4. The zero-order valence-electron chi connectivity index (χ0n) is 7.60. The molecule has 0 aliphatic heterocycles. The van der Waals surface area contributed by atoms with Gasteiger partial charge in [0, 0.05) is 12.3 Å². The highest BCUT2D eigenvalue weighted by Gasteiger charge is 2.13. The molecule has 0 amide bonds. The van der Waals surface area contributed by atoms with Crippen molar-refractivity contribution in [2.24, 2.45) is 5.92 Å². The highest BCUT2D eigenvalue weighted by Crippen LogP contribution is 2.23. The Balaban J connectivity index is 2.61. The van der Waals surface area contributed by atoms with Crippen LogP contribution < -0.4 is 0 Å². The fourth-order valence-corrected chi connectivity index (χ4v) is 1.25. The SMILES string of the molecule is COC1=C(O)C=CC(C=CCO)C1. The van der Waals surface area contributed by atoms with E-state index in [4.69, 9.17) is 9.84 Å². The molecule has 0 heterocycles. The Hall–Kier alpha value is -1.22. The summed E-state index contributed by atoms with van der Waals surface area (Å²) < 4.78 is 5.00. The van der Waals surface area contributed by atoms with E-state index in [2.05, 4.69) is 0 Å². The molecule has 1 aliphatic rings. The van der Waals surface area contributed by atoms with Gasteiger partial charge in [0.15, 0.2) is 5.76 Å². The van der Waals surface area contributed by atoms with Crippen molar-refractivity contribution >= 4 is 0 Å². The molecule has 1 aliphatic carbocycles. The number of aliphatic hydroxyl groups excluding tert-OH is 2. The molecule has 1 unspecified atom stereocenters. The maximum atomic E-state index is 9.31. The van der Waals surface area contributed by atoms with Gasteiger partial charge in [0.05, 0.1) is 13.7 Å². The van der Waals surface area contributed by atoms with Gasteiger partial charge in [-0.1, -0.05) is 18.2 Å². The molecule has 0 aromatic carbocycles. The molecule has 2 N–H and O–H groups in total. The van der Waals surface area contributed by atoms with Gasteiger partial charge in [0.25, 0.3) is 0 Å². The number of hydrogen-bond donors (Lipinski definition) is 2. The number of aliphatic hydroxyl groups is 2. The van der Waals surface area contributed by atoms with E-state index in [1.807, 2.05) is 12.2 Å². The van der Waals surface area contributed by atoms with Gasteiger partial charge >= 0.3 is 0 Å². The van der Waals surface area contributed by atoms with Crippen molar-refractivity contribution in [3.05, 3.63) is 35.8 Å². The van der Waals surface area contributed by atoms with E-state index in [0.717, 1.165) is 0 Å². The lowest BCUT2D eigenvalue weighted by Crippen LogP contribution is -2.04. The van der Waals surface area contributed by atoms with Crippen LogP contribution in [0.25, 0.3) is 0 Å². The monoisotopic (exact) mass is 182 g/mol. The molecule has 0 saturated heterocycles. The first-order valence-electron chi connectivity index (χ1n) is 4.19. The normalized spacial score (nSPS) is 22.8.